The van der Waals surface area contributed by atoms with Gasteiger partial charge in [0.2, 0.25) is 0 Å². The van der Waals surface area contributed by atoms with Gasteiger partial charge in [0.25, 0.3) is 0 Å². The number of rotatable bonds is 12. The smallest absolute Gasteiger partial charge is 0.00682 e. The van der Waals surface area contributed by atoms with Crippen LogP contribution in [0.25, 0.3) is 0 Å². The lowest BCUT2D eigenvalue weighted by Gasteiger charge is -2.15. The van der Waals surface area contributed by atoms with E-state index in [0.29, 0.717) is 0 Å². The van der Waals surface area contributed by atoms with Gasteiger partial charge in [0.15, 0.2) is 0 Å². The predicted octanol–water partition coefficient (Wildman–Crippen LogP) is 3.20. The number of nitrogens with one attached hydrogen (secondary N) is 1. The molecular weight excluding hydrogens is 208 g/mol. The van der Waals surface area contributed by atoms with Crippen molar-refractivity contribution in [1.29, 1.82) is 0 Å². The molecule has 0 radical (unpaired) electrons. The van der Waals surface area contributed by atoms with E-state index in [1.807, 2.05) is 6.08 Å². The van der Waals surface area contributed by atoms with Crippen LogP contribution in [0.5, 0.6) is 0 Å². The van der Waals surface area contributed by atoms with Crippen LogP contribution in [-0.2, 0) is 0 Å². The molecule has 1 rings (SSSR count). The zero-order valence-electron chi connectivity index (χ0n) is 11.6. The summed E-state index contributed by atoms with van der Waals surface area (Å²) in [6.45, 7) is 7.46. The molecule has 0 aliphatic heterocycles. The zero-order valence-corrected chi connectivity index (χ0v) is 11.6. The van der Waals surface area contributed by atoms with Crippen LogP contribution in [0.2, 0.25) is 0 Å². The summed E-state index contributed by atoms with van der Waals surface area (Å²) < 4.78 is 0. The first-order valence-corrected chi connectivity index (χ1v) is 7.35. The minimum atomic E-state index is 0.881. The Morgan fingerprint density at radius 3 is 2.53 bits per heavy atom. The average molecular weight is 238 g/mol. The van der Waals surface area contributed by atoms with Gasteiger partial charge in [0, 0.05) is 6.04 Å². The van der Waals surface area contributed by atoms with E-state index in [-0.39, 0.29) is 0 Å². The van der Waals surface area contributed by atoms with Gasteiger partial charge in [0.1, 0.15) is 0 Å². The van der Waals surface area contributed by atoms with E-state index in [1.165, 1.54) is 64.6 Å². The van der Waals surface area contributed by atoms with Gasteiger partial charge in [-0.05, 0) is 65.2 Å². The highest BCUT2D eigenvalue weighted by molar-refractivity contribution is 4.80. The van der Waals surface area contributed by atoms with Crippen molar-refractivity contribution in [1.82, 2.24) is 10.2 Å². The van der Waals surface area contributed by atoms with Gasteiger partial charge in [-0.25, -0.2) is 0 Å². The van der Waals surface area contributed by atoms with E-state index in [9.17, 15) is 0 Å². The van der Waals surface area contributed by atoms with Crippen molar-refractivity contribution in [3.8, 4) is 0 Å². The van der Waals surface area contributed by atoms with Crippen molar-refractivity contribution in [2.45, 2.75) is 57.4 Å². The lowest BCUT2D eigenvalue weighted by atomic mass is 10.2. The van der Waals surface area contributed by atoms with E-state index in [0.717, 1.165) is 12.5 Å². The van der Waals surface area contributed by atoms with Crippen LogP contribution in [0.15, 0.2) is 12.7 Å². The molecule has 17 heavy (non-hydrogen) atoms. The highest BCUT2D eigenvalue weighted by atomic mass is 15.1. The maximum atomic E-state index is 3.75. The Morgan fingerprint density at radius 2 is 1.82 bits per heavy atom. The molecule has 0 unspecified atom stereocenters. The second-order valence-electron chi connectivity index (χ2n) is 5.38. The van der Waals surface area contributed by atoms with Gasteiger partial charge in [-0.2, -0.15) is 0 Å². The Morgan fingerprint density at radius 1 is 1.12 bits per heavy atom. The molecule has 1 saturated carbocycles. The van der Waals surface area contributed by atoms with Crippen molar-refractivity contribution < 1.29 is 0 Å². The van der Waals surface area contributed by atoms with Crippen molar-refractivity contribution in [2.75, 3.05) is 26.7 Å². The summed E-state index contributed by atoms with van der Waals surface area (Å²) in [5.74, 6) is 0. The molecule has 1 N–H and O–H groups in total. The van der Waals surface area contributed by atoms with Crippen LogP contribution < -0.4 is 5.32 Å². The molecule has 1 fully saturated rings. The Balaban J connectivity index is 1.74. The van der Waals surface area contributed by atoms with Crippen LogP contribution >= 0.6 is 0 Å². The Bertz CT molecular complexity index is 187. The highest BCUT2D eigenvalue weighted by Crippen LogP contribution is 2.18. The van der Waals surface area contributed by atoms with Crippen LogP contribution in [0.1, 0.15) is 51.4 Å². The molecular formula is C15H30N2. The fourth-order valence-corrected chi connectivity index (χ4v) is 2.07. The Hall–Kier alpha value is -0.340. The summed E-state index contributed by atoms with van der Waals surface area (Å²) in [5, 5.41) is 3.57. The number of allylic oxidation sites excluding steroid dienone is 1. The van der Waals surface area contributed by atoms with Crippen LogP contribution in [-0.4, -0.2) is 37.6 Å². The van der Waals surface area contributed by atoms with E-state index in [2.05, 4.69) is 23.8 Å². The second kappa shape index (κ2) is 9.67. The fourth-order valence-electron chi connectivity index (χ4n) is 2.07. The van der Waals surface area contributed by atoms with Gasteiger partial charge >= 0.3 is 0 Å². The monoisotopic (exact) mass is 238 g/mol. The van der Waals surface area contributed by atoms with E-state index >= 15 is 0 Å². The van der Waals surface area contributed by atoms with Gasteiger partial charge in [-0.15, -0.1) is 6.58 Å². The van der Waals surface area contributed by atoms with Gasteiger partial charge in [-0.1, -0.05) is 18.9 Å². The van der Waals surface area contributed by atoms with E-state index < -0.39 is 0 Å². The van der Waals surface area contributed by atoms with Crippen molar-refractivity contribution in [2.24, 2.45) is 0 Å². The van der Waals surface area contributed by atoms with Crippen molar-refractivity contribution >= 4 is 0 Å². The summed E-state index contributed by atoms with van der Waals surface area (Å²) in [5.41, 5.74) is 0. The first kappa shape index (κ1) is 14.7. The van der Waals surface area contributed by atoms with E-state index in [1.54, 1.807) is 0 Å². The van der Waals surface area contributed by atoms with Gasteiger partial charge < -0.3 is 10.2 Å². The minimum Gasteiger partial charge on any atom is -0.314 e. The van der Waals surface area contributed by atoms with Crippen LogP contribution in [0.4, 0.5) is 0 Å². The zero-order chi connectivity index (χ0) is 12.3. The van der Waals surface area contributed by atoms with Crippen LogP contribution in [0, 0.1) is 0 Å². The molecule has 0 saturated heterocycles. The Kier molecular flexibility index (Phi) is 8.37. The minimum absolute atomic E-state index is 0.881. The van der Waals surface area contributed by atoms with Gasteiger partial charge in [0.05, 0.1) is 0 Å². The third-order valence-electron chi connectivity index (χ3n) is 3.43. The summed E-state index contributed by atoms with van der Waals surface area (Å²) in [7, 11) is 2.23. The topological polar surface area (TPSA) is 15.3 Å². The van der Waals surface area contributed by atoms with Gasteiger partial charge in [-0.3, -0.25) is 0 Å². The predicted molar refractivity (Wildman–Crippen MR) is 76.4 cm³/mol. The number of hydrogen-bond acceptors (Lipinski definition) is 2. The summed E-state index contributed by atoms with van der Waals surface area (Å²) in [6.07, 6.45) is 12.7. The third kappa shape index (κ3) is 9.37. The quantitative estimate of drug-likeness (QED) is 0.415. The maximum absolute atomic E-state index is 3.75. The lowest BCUT2D eigenvalue weighted by Crippen LogP contribution is -2.21. The van der Waals surface area contributed by atoms with E-state index in [4.69, 9.17) is 0 Å². The molecule has 2 nitrogen and oxygen atoms in total. The van der Waals surface area contributed by atoms with Crippen LogP contribution in [0.3, 0.4) is 0 Å². The normalized spacial score (nSPS) is 15.4. The standard InChI is InChI=1S/C15H30N2/c1-3-4-8-13-17(2)14-9-6-5-7-12-16-15-10-11-15/h3,15-16H,1,4-14H2,2H3. The number of nitrogens with zero attached hydrogens (tertiary/aromatic N) is 1. The van der Waals surface area contributed by atoms with Crippen molar-refractivity contribution in [3.63, 3.8) is 0 Å². The first-order valence-electron chi connectivity index (χ1n) is 7.35. The molecule has 0 bridgehead atoms. The first-order chi connectivity index (χ1) is 8.33. The molecule has 0 aromatic heterocycles. The number of unbranched alkanes of at least 4 members (excludes halogenated alkanes) is 4. The average Bonchev–Trinajstić information content (AvgIpc) is 3.12. The number of hydrogen-bond donors (Lipinski definition) is 1. The molecule has 1 aliphatic carbocycles. The molecule has 0 atom stereocenters. The lowest BCUT2D eigenvalue weighted by molar-refractivity contribution is 0.320. The fraction of sp³-hybridized carbons (Fsp3) is 0.867. The summed E-state index contributed by atoms with van der Waals surface area (Å²) >= 11 is 0. The molecule has 0 spiro atoms. The Labute approximate surface area is 107 Å². The second-order valence-corrected chi connectivity index (χ2v) is 5.38. The SMILES string of the molecule is C=CCCCN(C)CCCCCCNC1CC1. The molecule has 100 valence electrons. The summed E-state index contributed by atoms with van der Waals surface area (Å²) in [6, 6.07) is 0.881. The largest absolute Gasteiger partial charge is 0.314 e. The third-order valence-corrected chi connectivity index (χ3v) is 3.43. The maximum Gasteiger partial charge on any atom is 0.00682 e. The van der Waals surface area contributed by atoms with Crippen molar-refractivity contribution in [3.05, 3.63) is 12.7 Å². The molecule has 2 heteroatoms. The molecule has 0 amide bonds. The molecule has 0 aromatic carbocycles. The molecule has 1 aliphatic rings. The highest BCUT2D eigenvalue weighted by Gasteiger charge is 2.19. The summed E-state index contributed by atoms with van der Waals surface area (Å²) in [4.78, 5) is 2.45. The molecule has 0 heterocycles. The molecule has 0 aromatic rings.